The monoisotopic (exact) mass is 290 g/mol. The van der Waals surface area contributed by atoms with Crippen molar-refractivity contribution < 1.29 is 17.9 Å². The summed E-state index contributed by atoms with van der Waals surface area (Å²) in [5, 5.41) is 5.32. The molecule has 0 saturated heterocycles. The number of rotatable bonds is 7. The molecule has 1 fully saturated rings. The average Bonchev–Trinajstić information content (AvgIpc) is 3.21. The summed E-state index contributed by atoms with van der Waals surface area (Å²) in [6.45, 7) is 1.57. The third-order valence-corrected chi connectivity index (χ3v) is 2.84. The van der Waals surface area contributed by atoms with Gasteiger partial charge in [-0.1, -0.05) is 0 Å². The predicted octanol–water partition coefficient (Wildman–Crippen LogP) is 2.38. The third-order valence-electron chi connectivity index (χ3n) is 2.84. The van der Waals surface area contributed by atoms with Crippen LogP contribution < -0.4 is 10.6 Å². The van der Waals surface area contributed by atoms with Gasteiger partial charge >= 0.3 is 6.18 Å². The number of halogens is 3. The summed E-state index contributed by atoms with van der Waals surface area (Å²) in [5.41, 5.74) is -0.974. The van der Waals surface area contributed by atoms with Crippen molar-refractivity contribution in [3.8, 4) is 0 Å². The van der Waals surface area contributed by atoms with Crippen LogP contribution >= 0.6 is 0 Å². The van der Waals surface area contributed by atoms with Crippen molar-refractivity contribution in [3.05, 3.63) is 11.8 Å². The Morgan fingerprint density at radius 1 is 1.35 bits per heavy atom. The van der Waals surface area contributed by atoms with Gasteiger partial charge in [-0.2, -0.15) is 18.2 Å². The van der Waals surface area contributed by atoms with Gasteiger partial charge in [0.15, 0.2) is 5.69 Å². The quantitative estimate of drug-likeness (QED) is 0.755. The van der Waals surface area contributed by atoms with E-state index in [1.54, 1.807) is 0 Å². The highest BCUT2D eigenvalue weighted by Crippen LogP contribution is 2.30. The van der Waals surface area contributed by atoms with Crippen molar-refractivity contribution >= 4 is 11.8 Å². The molecule has 0 aliphatic heterocycles. The lowest BCUT2D eigenvalue weighted by molar-refractivity contribution is -0.141. The standard InChI is InChI=1S/C12H17F3N4O/c1-16-11-18-9(12(13,14)15)6-10(19-11)17-4-5-20-7-8-2-3-8/h6,8H,2-5,7H2,1H3,(H2,16,17,18,19). The second kappa shape index (κ2) is 6.25. The molecule has 0 unspecified atom stereocenters. The van der Waals surface area contributed by atoms with Crippen LogP contribution in [0.3, 0.4) is 0 Å². The van der Waals surface area contributed by atoms with E-state index in [0.29, 0.717) is 19.1 Å². The summed E-state index contributed by atoms with van der Waals surface area (Å²) in [6, 6.07) is 0.891. The Morgan fingerprint density at radius 3 is 2.70 bits per heavy atom. The Bertz CT molecular complexity index is 449. The topological polar surface area (TPSA) is 59.1 Å². The summed E-state index contributed by atoms with van der Waals surface area (Å²) in [5.74, 6) is 0.731. The maximum atomic E-state index is 12.7. The number of alkyl halides is 3. The molecule has 0 aromatic carbocycles. The zero-order valence-corrected chi connectivity index (χ0v) is 11.1. The molecule has 0 atom stereocenters. The van der Waals surface area contributed by atoms with Crippen molar-refractivity contribution in [2.75, 3.05) is 37.4 Å². The summed E-state index contributed by atoms with van der Waals surface area (Å²) in [7, 11) is 1.47. The Morgan fingerprint density at radius 2 is 2.10 bits per heavy atom. The van der Waals surface area contributed by atoms with Crippen LogP contribution in [0.5, 0.6) is 0 Å². The molecule has 0 bridgehead atoms. The highest BCUT2D eigenvalue weighted by molar-refractivity contribution is 5.42. The first kappa shape index (κ1) is 14.8. The minimum absolute atomic E-state index is 0.0683. The van der Waals surface area contributed by atoms with Gasteiger partial charge < -0.3 is 15.4 Å². The Kier molecular flexibility index (Phi) is 4.64. The predicted molar refractivity (Wildman–Crippen MR) is 68.6 cm³/mol. The zero-order chi connectivity index (χ0) is 14.6. The van der Waals surface area contributed by atoms with Gasteiger partial charge in [-0.15, -0.1) is 0 Å². The van der Waals surface area contributed by atoms with E-state index in [-0.39, 0.29) is 11.8 Å². The van der Waals surface area contributed by atoms with Gasteiger partial charge in [0.1, 0.15) is 5.82 Å². The lowest BCUT2D eigenvalue weighted by atomic mass is 10.3. The van der Waals surface area contributed by atoms with E-state index < -0.39 is 11.9 Å². The highest BCUT2D eigenvalue weighted by Gasteiger charge is 2.33. The van der Waals surface area contributed by atoms with Gasteiger partial charge in [0.05, 0.1) is 6.61 Å². The van der Waals surface area contributed by atoms with E-state index in [1.165, 1.54) is 19.9 Å². The van der Waals surface area contributed by atoms with Gasteiger partial charge in [0, 0.05) is 26.3 Å². The summed E-state index contributed by atoms with van der Waals surface area (Å²) in [4.78, 5) is 7.30. The molecular weight excluding hydrogens is 273 g/mol. The second-order valence-electron chi connectivity index (χ2n) is 4.65. The largest absolute Gasteiger partial charge is 0.433 e. The first-order valence-electron chi connectivity index (χ1n) is 6.44. The smallest absolute Gasteiger partial charge is 0.379 e. The van der Waals surface area contributed by atoms with Gasteiger partial charge in [-0.3, -0.25) is 0 Å². The molecule has 1 aromatic rings. The minimum Gasteiger partial charge on any atom is -0.379 e. The maximum Gasteiger partial charge on any atom is 0.433 e. The van der Waals surface area contributed by atoms with E-state index in [9.17, 15) is 13.2 Å². The fourth-order valence-electron chi connectivity index (χ4n) is 1.58. The number of hydrogen-bond donors (Lipinski definition) is 2. The van der Waals surface area contributed by atoms with Crippen LogP contribution in [-0.2, 0) is 10.9 Å². The molecule has 20 heavy (non-hydrogen) atoms. The number of hydrogen-bond acceptors (Lipinski definition) is 5. The molecule has 112 valence electrons. The first-order chi connectivity index (χ1) is 9.49. The Hall–Kier alpha value is -1.57. The molecule has 1 aromatic heterocycles. The molecule has 0 radical (unpaired) electrons. The van der Waals surface area contributed by atoms with Crippen LogP contribution in [0.15, 0.2) is 6.07 Å². The van der Waals surface area contributed by atoms with Crippen molar-refractivity contribution in [3.63, 3.8) is 0 Å². The molecule has 0 spiro atoms. The van der Waals surface area contributed by atoms with Crippen molar-refractivity contribution in [1.82, 2.24) is 9.97 Å². The molecule has 1 aliphatic carbocycles. The van der Waals surface area contributed by atoms with Crippen LogP contribution in [0.1, 0.15) is 18.5 Å². The lowest BCUT2D eigenvalue weighted by Crippen LogP contribution is -2.15. The fraction of sp³-hybridized carbons (Fsp3) is 0.667. The van der Waals surface area contributed by atoms with E-state index >= 15 is 0 Å². The fourth-order valence-corrected chi connectivity index (χ4v) is 1.58. The van der Waals surface area contributed by atoms with Crippen LogP contribution in [0, 0.1) is 5.92 Å². The Balaban J connectivity index is 1.88. The normalized spacial score (nSPS) is 15.2. The molecule has 1 heterocycles. The van der Waals surface area contributed by atoms with Crippen LogP contribution in [0.4, 0.5) is 24.9 Å². The summed E-state index contributed by atoms with van der Waals surface area (Å²) >= 11 is 0. The molecule has 8 heteroatoms. The molecule has 1 aliphatic rings. The minimum atomic E-state index is -4.49. The van der Waals surface area contributed by atoms with E-state index in [1.807, 2.05) is 0 Å². The van der Waals surface area contributed by atoms with Gasteiger partial charge in [0.25, 0.3) is 0 Å². The van der Waals surface area contributed by atoms with Crippen LogP contribution in [-0.4, -0.2) is 36.8 Å². The maximum absolute atomic E-state index is 12.7. The Labute approximate surface area is 114 Å². The molecule has 0 amide bonds. The lowest BCUT2D eigenvalue weighted by Gasteiger charge is -2.11. The molecular formula is C12H17F3N4O. The van der Waals surface area contributed by atoms with Crippen molar-refractivity contribution in [2.45, 2.75) is 19.0 Å². The van der Waals surface area contributed by atoms with Crippen molar-refractivity contribution in [1.29, 1.82) is 0 Å². The highest BCUT2D eigenvalue weighted by atomic mass is 19.4. The van der Waals surface area contributed by atoms with E-state index in [4.69, 9.17) is 4.74 Å². The zero-order valence-electron chi connectivity index (χ0n) is 11.1. The molecule has 5 nitrogen and oxygen atoms in total. The van der Waals surface area contributed by atoms with Gasteiger partial charge in [0.2, 0.25) is 5.95 Å². The molecule has 2 N–H and O–H groups in total. The summed E-state index contributed by atoms with van der Waals surface area (Å²) < 4.78 is 43.3. The molecule has 1 saturated carbocycles. The average molecular weight is 290 g/mol. The SMILES string of the molecule is CNc1nc(NCCOCC2CC2)cc(C(F)(F)F)n1. The van der Waals surface area contributed by atoms with Gasteiger partial charge in [-0.05, 0) is 18.8 Å². The van der Waals surface area contributed by atoms with Crippen LogP contribution in [0.2, 0.25) is 0 Å². The van der Waals surface area contributed by atoms with E-state index in [0.717, 1.165) is 12.7 Å². The van der Waals surface area contributed by atoms with Gasteiger partial charge in [-0.25, -0.2) is 4.98 Å². The van der Waals surface area contributed by atoms with Crippen LogP contribution in [0.25, 0.3) is 0 Å². The number of nitrogens with one attached hydrogen (secondary N) is 2. The summed E-state index contributed by atoms with van der Waals surface area (Å²) in [6.07, 6.45) is -2.08. The third kappa shape index (κ3) is 4.52. The van der Waals surface area contributed by atoms with E-state index in [2.05, 4.69) is 20.6 Å². The van der Waals surface area contributed by atoms with Crippen molar-refractivity contribution in [2.24, 2.45) is 5.92 Å². The number of anilines is 2. The first-order valence-corrected chi connectivity index (χ1v) is 6.44. The second-order valence-corrected chi connectivity index (χ2v) is 4.65. The number of aromatic nitrogens is 2. The number of nitrogens with zero attached hydrogens (tertiary/aromatic N) is 2. The molecule has 2 rings (SSSR count). The number of ether oxygens (including phenoxy) is 1.